The van der Waals surface area contributed by atoms with Gasteiger partial charge in [0.15, 0.2) is 11.5 Å². The fourth-order valence-corrected chi connectivity index (χ4v) is 3.16. The minimum Gasteiger partial charge on any atom is -0.454 e. The van der Waals surface area contributed by atoms with E-state index in [1.807, 2.05) is 6.07 Å². The van der Waals surface area contributed by atoms with Crippen molar-refractivity contribution in [1.29, 1.82) is 0 Å². The maximum Gasteiger partial charge on any atom is 0.231 e. The zero-order chi connectivity index (χ0) is 14.7. The number of piperidine rings is 1. The van der Waals surface area contributed by atoms with E-state index in [-0.39, 0.29) is 0 Å². The van der Waals surface area contributed by atoms with Crippen molar-refractivity contribution in [3.8, 4) is 11.5 Å². The Morgan fingerprint density at radius 1 is 1.29 bits per heavy atom. The molecule has 1 aromatic carbocycles. The van der Waals surface area contributed by atoms with Crippen molar-refractivity contribution in [3.05, 3.63) is 23.8 Å². The van der Waals surface area contributed by atoms with Gasteiger partial charge in [0.1, 0.15) is 0 Å². The van der Waals surface area contributed by atoms with Crippen LogP contribution in [-0.4, -0.2) is 37.4 Å². The first-order chi connectivity index (χ1) is 10.2. The zero-order valence-electron chi connectivity index (χ0n) is 13.1. The summed E-state index contributed by atoms with van der Waals surface area (Å²) in [6.45, 7) is 9.32. The smallest absolute Gasteiger partial charge is 0.231 e. The van der Waals surface area contributed by atoms with Gasteiger partial charge in [0, 0.05) is 19.1 Å². The summed E-state index contributed by atoms with van der Waals surface area (Å²) in [5, 5.41) is 3.57. The van der Waals surface area contributed by atoms with Gasteiger partial charge in [-0.1, -0.05) is 19.9 Å². The minimum absolute atomic E-state index is 0.353. The number of fused-ring (bicyclic) bond motifs is 1. The highest BCUT2D eigenvalue weighted by atomic mass is 16.7. The quantitative estimate of drug-likeness (QED) is 0.904. The molecule has 0 bridgehead atoms. The molecule has 0 amide bonds. The van der Waals surface area contributed by atoms with Crippen LogP contribution in [-0.2, 0) is 6.54 Å². The van der Waals surface area contributed by atoms with Crippen LogP contribution in [0.3, 0.4) is 0 Å². The highest BCUT2D eigenvalue weighted by molar-refractivity contribution is 5.44. The zero-order valence-corrected chi connectivity index (χ0v) is 13.1. The second-order valence-electron chi connectivity index (χ2n) is 6.49. The first-order valence-corrected chi connectivity index (χ1v) is 8.05. The lowest BCUT2D eigenvalue weighted by Crippen LogP contribution is -2.40. The van der Waals surface area contributed by atoms with Gasteiger partial charge in [0.05, 0.1) is 0 Å². The van der Waals surface area contributed by atoms with E-state index < -0.39 is 0 Å². The number of nitrogens with one attached hydrogen (secondary N) is 1. The molecule has 1 unspecified atom stereocenters. The summed E-state index contributed by atoms with van der Waals surface area (Å²) in [5.74, 6) is 2.54. The predicted molar refractivity (Wildman–Crippen MR) is 83.7 cm³/mol. The summed E-state index contributed by atoms with van der Waals surface area (Å²) in [6, 6.07) is 6.88. The third-order valence-electron chi connectivity index (χ3n) is 4.26. The molecular weight excluding hydrogens is 264 g/mol. The number of nitrogens with zero attached hydrogens (tertiary/aromatic N) is 1. The molecule has 0 spiro atoms. The van der Waals surface area contributed by atoms with Crippen molar-refractivity contribution in [2.75, 3.05) is 26.4 Å². The Labute approximate surface area is 127 Å². The summed E-state index contributed by atoms with van der Waals surface area (Å²) in [4.78, 5) is 2.56. The molecule has 4 heteroatoms. The molecule has 116 valence electrons. The van der Waals surface area contributed by atoms with Gasteiger partial charge in [-0.25, -0.2) is 0 Å². The van der Waals surface area contributed by atoms with Crippen molar-refractivity contribution in [2.45, 2.75) is 39.3 Å². The summed E-state index contributed by atoms with van der Waals surface area (Å²) >= 11 is 0. The number of hydrogen-bond donors (Lipinski definition) is 1. The van der Waals surface area contributed by atoms with Crippen LogP contribution in [0.4, 0.5) is 0 Å². The van der Waals surface area contributed by atoms with E-state index in [0.717, 1.165) is 30.5 Å². The van der Waals surface area contributed by atoms with Gasteiger partial charge < -0.3 is 14.8 Å². The maximum absolute atomic E-state index is 5.46. The third-order valence-corrected chi connectivity index (χ3v) is 4.26. The lowest BCUT2D eigenvalue weighted by atomic mass is 9.97. The summed E-state index contributed by atoms with van der Waals surface area (Å²) in [7, 11) is 0. The topological polar surface area (TPSA) is 33.7 Å². The number of ether oxygens (including phenoxy) is 2. The Morgan fingerprint density at radius 3 is 3.00 bits per heavy atom. The number of benzene rings is 1. The van der Waals surface area contributed by atoms with Crippen molar-refractivity contribution >= 4 is 0 Å². The second kappa shape index (κ2) is 6.67. The normalized spacial score (nSPS) is 22.0. The van der Waals surface area contributed by atoms with E-state index in [9.17, 15) is 0 Å². The largest absolute Gasteiger partial charge is 0.454 e. The van der Waals surface area contributed by atoms with Gasteiger partial charge in [-0.3, -0.25) is 4.90 Å². The molecule has 0 aliphatic carbocycles. The lowest BCUT2D eigenvalue weighted by molar-refractivity contribution is 0.163. The first-order valence-electron chi connectivity index (χ1n) is 8.05. The molecule has 1 saturated heterocycles. The van der Waals surface area contributed by atoms with Gasteiger partial charge >= 0.3 is 0 Å². The SMILES string of the molecule is CC(C)NCC1CCCN(Cc2ccc3c(c2)OCO3)C1. The van der Waals surface area contributed by atoms with E-state index in [1.165, 1.54) is 31.5 Å². The molecule has 21 heavy (non-hydrogen) atoms. The molecule has 2 aliphatic heterocycles. The van der Waals surface area contributed by atoms with Crippen molar-refractivity contribution < 1.29 is 9.47 Å². The molecule has 0 saturated carbocycles. The lowest BCUT2D eigenvalue weighted by Gasteiger charge is -2.33. The number of hydrogen-bond acceptors (Lipinski definition) is 4. The molecule has 4 nitrogen and oxygen atoms in total. The average Bonchev–Trinajstić information content (AvgIpc) is 2.93. The molecule has 0 radical (unpaired) electrons. The molecule has 2 heterocycles. The molecule has 1 fully saturated rings. The molecule has 1 N–H and O–H groups in total. The van der Waals surface area contributed by atoms with Gasteiger partial charge in [-0.2, -0.15) is 0 Å². The standard InChI is InChI=1S/C17H26N2O2/c1-13(2)18-9-15-4-3-7-19(11-15)10-14-5-6-16-17(8-14)21-12-20-16/h5-6,8,13,15,18H,3-4,7,9-12H2,1-2H3. The Bertz CT molecular complexity index is 476. The highest BCUT2D eigenvalue weighted by Crippen LogP contribution is 2.33. The predicted octanol–water partition coefficient (Wildman–Crippen LogP) is 2.63. The molecule has 1 aromatic rings. The third kappa shape index (κ3) is 3.89. The van der Waals surface area contributed by atoms with E-state index >= 15 is 0 Å². The van der Waals surface area contributed by atoms with Crippen LogP contribution in [0.5, 0.6) is 11.5 Å². The van der Waals surface area contributed by atoms with E-state index in [1.54, 1.807) is 0 Å². The van der Waals surface area contributed by atoms with Crippen LogP contribution in [0.25, 0.3) is 0 Å². The highest BCUT2D eigenvalue weighted by Gasteiger charge is 2.21. The van der Waals surface area contributed by atoms with Gasteiger partial charge in [-0.05, 0) is 49.5 Å². The summed E-state index contributed by atoms with van der Waals surface area (Å²) in [5.41, 5.74) is 1.32. The van der Waals surface area contributed by atoms with E-state index in [0.29, 0.717) is 12.8 Å². The van der Waals surface area contributed by atoms with Crippen molar-refractivity contribution in [2.24, 2.45) is 5.92 Å². The summed E-state index contributed by atoms with van der Waals surface area (Å²) < 4.78 is 10.8. The maximum atomic E-state index is 5.46. The Kier molecular flexibility index (Phi) is 4.66. The van der Waals surface area contributed by atoms with Crippen LogP contribution in [0.15, 0.2) is 18.2 Å². The molecule has 0 aromatic heterocycles. The minimum atomic E-state index is 0.353. The van der Waals surface area contributed by atoms with Gasteiger partial charge in [-0.15, -0.1) is 0 Å². The van der Waals surface area contributed by atoms with Crippen LogP contribution in [0.2, 0.25) is 0 Å². The summed E-state index contributed by atoms with van der Waals surface area (Å²) in [6.07, 6.45) is 2.65. The van der Waals surface area contributed by atoms with Gasteiger partial charge in [0.2, 0.25) is 6.79 Å². The Morgan fingerprint density at radius 2 is 2.14 bits per heavy atom. The fourth-order valence-electron chi connectivity index (χ4n) is 3.16. The monoisotopic (exact) mass is 290 g/mol. The van der Waals surface area contributed by atoms with Crippen LogP contribution >= 0.6 is 0 Å². The van der Waals surface area contributed by atoms with E-state index in [2.05, 4.69) is 36.2 Å². The van der Waals surface area contributed by atoms with Crippen LogP contribution in [0, 0.1) is 5.92 Å². The van der Waals surface area contributed by atoms with E-state index in [4.69, 9.17) is 9.47 Å². The molecule has 1 atom stereocenters. The average molecular weight is 290 g/mol. The fraction of sp³-hybridized carbons (Fsp3) is 0.647. The van der Waals surface area contributed by atoms with Crippen molar-refractivity contribution in [3.63, 3.8) is 0 Å². The number of likely N-dealkylation sites (tertiary alicyclic amines) is 1. The van der Waals surface area contributed by atoms with Crippen LogP contribution in [0.1, 0.15) is 32.3 Å². The molecular formula is C17H26N2O2. The molecule has 3 rings (SSSR count). The first kappa shape index (κ1) is 14.7. The molecule has 2 aliphatic rings. The Balaban J connectivity index is 1.54. The Hall–Kier alpha value is -1.26. The number of rotatable bonds is 5. The van der Waals surface area contributed by atoms with Gasteiger partial charge in [0.25, 0.3) is 0 Å². The van der Waals surface area contributed by atoms with Crippen LogP contribution < -0.4 is 14.8 Å². The van der Waals surface area contributed by atoms with Crippen molar-refractivity contribution in [1.82, 2.24) is 10.2 Å². The second-order valence-corrected chi connectivity index (χ2v) is 6.49.